The fourth-order valence-corrected chi connectivity index (χ4v) is 9.41. The third-order valence-corrected chi connectivity index (χ3v) is 12.9. The standard InChI is InChI=1S/C45H56F2N8O6/c1-26(2)36(52-42(58)61-6)40(56)55-25-44(17-19-45(46,47)20-18-44)22-35(55)39-49-24-33(51-39)31-15-11-29(12-16-31)28-9-13-30(14-10-28)32-23-48-38(50-32)34-8-7-21-54(34)41(57)37(27(3)4)53(5)43(59)60/h9-16,23-24,26-27,34-37H,7-8,17-22,25H2,1-6H3,(H,48,50)(H,49,51)(H,52,58)(H,59,60)/t34-,35?,36-,37-/m0/s1. The number of rotatable bonds is 11. The van der Waals surface area contributed by atoms with E-state index in [1.807, 2.05) is 76.2 Å². The number of carbonyl (C=O) groups excluding carboxylic acids is 3. The van der Waals surface area contributed by atoms with E-state index in [1.165, 1.54) is 14.2 Å². The molecule has 4 amide bonds. The van der Waals surface area contributed by atoms with Crippen LogP contribution in [0.2, 0.25) is 0 Å². The van der Waals surface area contributed by atoms with Crippen molar-refractivity contribution in [3.8, 4) is 33.6 Å². The highest BCUT2D eigenvalue weighted by Crippen LogP contribution is 2.54. The van der Waals surface area contributed by atoms with Crippen LogP contribution in [0.3, 0.4) is 0 Å². The number of alkyl carbamates (subject to hydrolysis) is 1. The summed E-state index contributed by atoms with van der Waals surface area (Å²) in [6, 6.07) is 13.7. The van der Waals surface area contributed by atoms with Gasteiger partial charge in [0.25, 0.3) is 0 Å². The second-order valence-electron chi connectivity index (χ2n) is 17.7. The zero-order valence-electron chi connectivity index (χ0n) is 35.6. The van der Waals surface area contributed by atoms with E-state index in [0.717, 1.165) is 51.4 Å². The molecule has 4 aromatic rings. The number of hydrogen-bond acceptors (Lipinski definition) is 7. The summed E-state index contributed by atoms with van der Waals surface area (Å²) >= 11 is 0. The Labute approximate surface area is 354 Å². The number of aromatic amines is 2. The monoisotopic (exact) mass is 842 g/mol. The molecular formula is C45H56F2N8O6. The van der Waals surface area contributed by atoms with Crippen molar-refractivity contribution in [3.05, 3.63) is 72.6 Å². The summed E-state index contributed by atoms with van der Waals surface area (Å²) in [4.78, 5) is 72.5. The zero-order valence-corrected chi connectivity index (χ0v) is 35.6. The van der Waals surface area contributed by atoms with Crippen molar-refractivity contribution >= 4 is 24.0 Å². The number of likely N-dealkylation sites (N-methyl/N-ethyl adjacent to an activating group) is 1. The van der Waals surface area contributed by atoms with Gasteiger partial charge in [0.05, 0.1) is 43.0 Å². The molecule has 2 aliphatic heterocycles. The molecule has 2 aromatic carbocycles. The molecule has 0 radical (unpaired) electrons. The largest absolute Gasteiger partial charge is 0.465 e. The number of hydrogen-bond donors (Lipinski definition) is 4. The quantitative estimate of drug-likeness (QED) is 0.117. The van der Waals surface area contributed by atoms with Crippen LogP contribution in [0.15, 0.2) is 60.9 Å². The summed E-state index contributed by atoms with van der Waals surface area (Å²) < 4.78 is 33.4. The van der Waals surface area contributed by atoms with Crippen LogP contribution >= 0.6 is 0 Å². The number of imidazole rings is 2. The van der Waals surface area contributed by atoms with Crippen LogP contribution in [-0.4, -0.2) is 109 Å². The summed E-state index contributed by atoms with van der Waals surface area (Å²) in [5.74, 6) is -2.43. The summed E-state index contributed by atoms with van der Waals surface area (Å²) in [7, 11) is 2.68. The minimum Gasteiger partial charge on any atom is -0.465 e. The summed E-state index contributed by atoms with van der Waals surface area (Å²) in [6.07, 6.45) is 3.80. The molecule has 0 bridgehead atoms. The van der Waals surface area contributed by atoms with E-state index in [9.17, 15) is 33.1 Å². The molecule has 14 nitrogen and oxygen atoms in total. The van der Waals surface area contributed by atoms with Crippen molar-refractivity contribution in [1.82, 2.24) is 40.0 Å². The van der Waals surface area contributed by atoms with Gasteiger partial charge in [0.2, 0.25) is 17.7 Å². The smallest absolute Gasteiger partial charge is 0.407 e. The molecule has 4 heterocycles. The van der Waals surface area contributed by atoms with Gasteiger partial charge in [-0.1, -0.05) is 76.2 Å². The van der Waals surface area contributed by atoms with Gasteiger partial charge >= 0.3 is 12.2 Å². The fraction of sp³-hybridized carbons (Fsp3) is 0.511. The first-order chi connectivity index (χ1) is 29.0. The first kappa shape index (κ1) is 43.3. The topological polar surface area (TPSA) is 177 Å². The summed E-state index contributed by atoms with van der Waals surface area (Å²) in [5.41, 5.74) is 4.88. The van der Waals surface area contributed by atoms with Crippen LogP contribution in [0.5, 0.6) is 0 Å². The maximum absolute atomic E-state index is 14.3. The van der Waals surface area contributed by atoms with Crippen LogP contribution in [-0.2, 0) is 14.3 Å². The predicted molar refractivity (Wildman–Crippen MR) is 224 cm³/mol. The number of halogens is 2. The number of H-pyrrole nitrogens is 2. The maximum Gasteiger partial charge on any atom is 0.407 e. The molecule has 61 heavy (non-hydrogen) atoms. The molecule has 326 valence electrons. The molecule has 1 spiro atoms. The van der Waals surface area contributed by atoms with E-state index in [2.05, 4.69) is 20.3 Å². The Balaban J connectivity index is 1.05. The Hall–Kier alpha value is -5.80. The van der Waals surface area contributed by atoms with Gasteiger partial charge < -0.3 is 34.9 Å². The van der Waals surface area contributed by atoms with Gasteiger partial charge in [0.15, 0.2) is 0 Å². The highest BCUT2D eigenvalue weighted by molar-refractivity contribution is 5.87. The minimum atomic E-state index is -2.72. The second kappa shape index (κ2) is 17.3. The first-order valence-electron chi connectivity index (χ1n) is 21.1. The van der Waals surface area contributed by atoms with Crippen molar-refractivity contribution in [3.63, 3.8) is 0 Å². The number of carbonyl (C=O) groups is 4. The van der Waals surface area contributed by atoms with Crippen LogP contribution in [0.4, 0.5) is 18.4 Å². The predicted octanol–water partition coefficient (Wildman–Crippen LogP) is 8.28. The highest BCUT2D eigenvalue weighted by Gasteiger charge is 2.53. The summed E-state index contributed by atoms with van der Waals surface area (Å²) in [5, 5.41) is 12.3. The van der Waals surface area contributed by atoms with Crippen molar-refractivity contribution < 1.29 is 37.8 Å². The number of benzene rings is 2. The SMILES string of the molecule is COC(=O)N[C@H](C(=O)N1CC2(CCC(F)(F)CC2)CC1c1ncc(-c2ccc(-c3ccc(-c4cnc([C@@H]5CCCN5C(=O)[C@H](C(C)C)N(C)C(=O)O)[nH]4)cc3)cc2)[nH]1)C(C)C. The van der Waals surface area contributed by atoms with E-state index >= 15 is 0 Å². The van der Waals surface area contributed by atoms with E-state index in [1.54, 1.807) is 22.2 Å². The van der Waals surface area contributed by atoms with Gasteiger partial charge in [-0.15, -0.1) is 0 Å². The van der Waals surface area contributed by atoms with Gasteiger partial charge in [-0.2, -0.15) is 0 Å². The van der Waals surface area contributed by atoms with Gasteiger partial charge in [-0.3, -0.25) is 14.5 Å². The lowest BCUT2D eigenvalue weighted by atomic mass is 9.71. The lowest BCUT2D eigenvalue weighted by molar-refractivity contribution is -0.138. The number of methoxy groups -OCH3 is 1. The third-order valence-electron chi connectivity index (χ3n) is 12.9. The van der Waals surface area contributed by atoms with Gasteiger partial charge in [0.1, 0.15) is 23.7 Å². The van der Waals surface area contributed by atoms with Crippen molar-refractivity contribution in [1.29, 1.82) is 0 Å². The molecule has 1 unspecified atom stereocenters. The van der Waals surface area contributed by atoms with E-state index in [0.29, 0.717) is 44.0 Å². The minimum absolute atomic E-state index is 0.192. The molecule has 3 fully saturated rings. The average molecular weight is 843 g/mol. The van der Waals surface area contributed by atoms with Crippen LogP contribution < -0.4 is 5.32 Å². The number of carboxylic acid groups (broad SMARTS) is 1. The second-order valence-corrected chi connectivity index (χ2v) is 17.7. The molecule has 7 rings (SSSR count). The zero-order chi connectivity index (χ0) is 43.8. The number of ether oxygens (including phenoxy) is 1. The molecule has 4 N–H and O–H groups in total. The van der Waals surface area contributed by atoms with Crippen LogP contribution in [0, 0.1) is 17.3 Å². The van der Waals surface area contributed by atoms with E-state index in [-0.39, 0.29) is 42.5 Å². The van der Waals surface area contributed by atoms with E-state index < -0.39 is 41.6 Å². The van der Waals surface area contributed by atoms with Crippen molar-refractivity contribution in [2.75, 3.05) is 27.2 Å². The lowest BCUT2D eigenvalue weighted by Gasteiger charge is -2.37. The average Bonchev–Trinajstić information content (AvgIpc) is 4.07. The molecule has 2 saturated heterocycles. The molecule has 1 saturated carbocycles. The maximum atomic E-state index is 14.3. The van der Waals surface area contributed by atoms with Gasteiger partial charge in [-0.05, 0) is 71.6 Å². The Bertz CT molecular complexity index is 2210. The molecule has 3 aliphatic rings. The van der Waals surface area contributed by atoms with Gasteiger partial charge in [-0.25, -0.2) is 28.3 Å². The van der Waals surface area contributed by atoms with Crippen LogP contribution in [0.1, 0.15) is 96.4 Å². The Morgan fingerprint density at radius 3 is 1.82 bits per heavy atom. The number of likely N-dealkylation sites (tertiary alicyclic amines) is 2. The Kier molecular flexibility index (Phi) is 12.3. The number of nitrogens with one attached hydrogen (secondary N) is 3. The molecule has 1 aliphatic carbocycles. The summed E-state index contributed by atoms with van der Waals surface area (Å²) in [6.45, 7) is 8.21. The lowest BCUT2D eigenvalue weighted by Crippen LogP contribution is -2.51. The first-order valence-corrected chi connectivity index (χ1v) is 21.1. The molecule has 16 heteroatoms. The van der Waals surface area contributed by atoms with Crippen molar-refractivity contribution in [2.24, 2.45) is 17.3 Å². The van der Waals surface area contributed by atoms with E-state index in [4.69, 9.17) is 9.72 Å². The Morgan fingerprint density at radius 2 is 1.33 bits per heavy atom. The van der Waals surface area contributed by atoms with Crippen LogP contribution in [0.25, 0.3) is 33.6 Å². The van der Waals surface area contributed by atoms with Crippen molar-refractivity contribution in [2.45, 2.75) is 103 Å². The molecular weight excluding hydrogens is 787 g/mol. The highest BCUT2D eigenvalue weighted by atomic mass is 19.3. The normalized spacial score (nSPS) is 20.6. The molecule has 4 atom stereocenters. The number of amides is 4. The third kappa shape index (κ3) is 8.99. The number of aromatic nitrogens is 4. The molecule has 2 aromatic heterocycles. The number of alkyl halides is 2. The van der Waals surface area contributed by atoms with Gasteiger partial charge in [0, 0.05) is 33.0 Å². The Morgan fingerprint density at radius 1 is 0.803 bits per heavy atom. The fourth-order valence-electron chi connectivity index (χ4n) is 9.41. The number of nitrogens with zero attached hydrogens (tertiary/aromatic N) is 5.